The minimum absolute atomic E-state index is 0.0902. The minimum atomic E-state index is -1.11. The van der Waals surface area contributed by atoms with Gasteiger partial charge in [0.1, 0.15) is 10.4 Å². The maximum absolute atomic E-state index is 12.6. The van der Waals surface area contributed by atoms with Crippen LogP contribution in [0.25, 0.3) is 6.08 Å². The van der Waals surface area contributed by atoms with Crippen molar-refractivity contribution in [3.05, 3.63) is 44.8 Å². The van der Waals surface area contributed by atoms with Crippen LogP contribution in [0.1, 0.15) is 12.0 Å². The number of carboxylic acids is 1. The normalized spacial score (nSPS) is 17.2. The quantitative estimate of drug-likeness (QED) is 0.324. The zero-order valence-corrected chi connectivity index (χ0v) is 15.5. The molecular weight excluding hydrogens is 384 g/mol. The SMILES string of the molecule is CSCC[C@@H](C(=O)O)N1C(=O)/C(=C\c2cccc([N+](=O)[O-])c2)SC1=S. The molecule has 132 valence electrons. The minimum Gasteiger partial charge on any atom is -0.480 e. The molecule has 10 heteroatoms. The summed E-state index contributed by atoms with van der Waals surface area (Å²) < 4.78 is 0.176. The lowest BCUT2D eigenvalue weighted by atomic mass is 10.1. The van der Waals surface area contributed by atoms with Crippen LogP contribution < -0.4 is 0 Å². The van der Waals surface area contributed by atoms with E-state index >= 15 is 0 Å². The molecule has 1 aromatic carbocycles. The van der Waals surface area contributed by atoms with E-state index in [2.05, 4.69) is 0 Å². The molecule has 1 saturated heterocycles. The van der Waals surface area contributed by atoms with Gasteiger partial charge in [-0.25, -0.2) is 4.79 Å². The highest BCUT2D eigenvalue weighted by atomic mass is 32.2. The molecule has 0 unspecified atom stereocenters. The number of benzene rings is 1. The summed E-state index contributed by atoms with van der Waals surface area (Å²) in [6.07, 6.45) is 3.62. The third-order valence-corrected chi connectivity index (χ3v) is 5.37. The van der Waals surface area contributed by atoms with Crippen molar-refractivity contribution in [3.63, 3.8) is 0 Å². The Balaban J connectivity index is 2.29. The fourth-order valence-electron chi connectivity index (χ4n) is 2.22. The van der Waals surface area contributed by atoms with Gasteiger partial charge in [-0.05, 0) is 30.1 Å². The van der Waals surface area contributed by atoms with Crippen molar-refractivity contribution < 1.29 is 19.6 Å². The first-order valence-electron chi connectivity index (χ1n) is 7.08. The molecule has 1 heterocycles. The van der Waals surface area contributed by atoms with Gasteiger partial charge in [-0.15, -0.1) is 0 Å². The van der Waals surface area contributed by atoms with Gasteiger partial charge in [0.25, 0.3) is 11.6 Å². The first-order chi connectivity index (χ1) is 11.8. The van der Waals surface area contributed by atoms with E-state index in [1.54, 1.807) is 6.07 Å². The number of non-ortho nitro benzene ring substituents is 1. The molecule has 0 bridgehead atoms. The number of rotatable bonds is 7. The summed E-state index contributed by atoms with van der Waals surface area (Å²) in [5, 5.41) is 20.2. The summed E-state index contributed by atoms with van der Waals surface area (Å²) in [4.78, 5) is 35.8. The number of thiocarbonyl (C=S) groups is 1. The van der Waals surface area contributed by atoms with Gasteiger partial charge in [-0.1, -0.05) is 36.1 Å². The second-order valence-corrected chi connectivity index (χ2v) is 7.70. The van der Waals surface area contributed by atoms with Crippen molar-refractivity contribution in [1.82, 2.24) is 4.90 Å². The van der Waals surface area contributed by atoms with E-state index in [0.29, 0.717) is 11.3 Å². The van der Waals surface area contributed by atoms with Gasteiger partial charge in [0.05, 0.1) is 9.83 Å². The largest absolute Gasteiger partial charge is 0.480 e. The molecule has 25 heavy (non-hydrogen) atoms. The summed E-state index contributed by atoms with van der Waals surface area (Å²) in [6, 6.07) is 4.82. The molecule has 1 aliphatic heterocycles. The summed E-state index contributed by atoms with van der Waals surface area (Å²) >= 11 is 7.66. The number of aliphatic carboxylic acids is 1. The maximum atomic E-state index is 12.6. The number of hydrogen-bond donors (Lipinski definition) is 1. The van der Waals surface area contributed by atoms with Gasteiger partial charge >= 0.3 is 5.97 Å². The van der Waals surface area contributed by atoms with Gasteiger partial charge in [0.15, 0.2) is 0 Å². The molecule has 1 atom stereocenters. The molecule has 1 aromatic rings. The van der Waals surface area contributed by atoms with Gasteiger partial charge in [0.2, 0.25) is 0 Å². The number of carbonyl (C=O) groups excluding carboxylic acids is 1. The number of hydrogen-bond acceptors (Lipinski definition) is 7. The number of carboxylic acid groups (broad SMARTS) is 1. The van der Waals surface area contributed by atoms with E-state index in [9.17, 15) is 24.8 Å². The third kappa shape index (κ3) is 4.59. The van der Waals surface area contributed by atoms with E-state index in [0.717, 1.165) is 16.7 Å². The number of carbonyl (C=O) groups is 2. The maximum Gasteiger partial charge on any atom is 0.326 e. The molecule has 1 fully saturated rings. The topological polar surface area (TPSA) is 101 Å². The molecule has 1 aliphatic rings. The predicted octanol–water partition coefficient (Wildman–Crippen LogP) is 3.00. The molecular formula is C15H14N2O5S3. The Labute approximate surface area is 157 Å². The molecule has 0 saturated carbocycles. The third-order valence-electron chi connectivity index (χ3n) is 3.39. The van der Waals surface area contributed by atoms with Crippen LogP contribution in [0, 0.1) is 10.1 Å². The number of nitro benzene ring substituents is 1. The molecule has 0 aromatic heterocycles. The lowest BCUT2D eigenvalue weighted by Gasteiger charge is -2.22. The number of thioether (sulfide) groups is 2. The summed E-state index contributed by atoms with van der Waals surface area (Å²) in [7, 11) is 0. The number of amides is 1. The first-order valence-corrected chi connectivity index (χ1v) is 9.70. The van der Waals surface area contributed by atoms with Crippen molar-refractivity contribution in [1.29, 1.82) is 0 Å². The smallest absolute Gasteiger partial charge is 0.326 e. The van der Waals surface area contributed by atoms with Gasteiger partial charge in [-0.3, -0.25) is 19.8 Å². The van der Waals surface area contributed by atoms with Crippen molar-refractivity contribution in [2.75, 3.05) is 12.0 Å². The van der Waals surface area contributed by atoms with Crippen molar-refractivity contribution in [2.45, 2.75) is 12.5 Å². The zero-order valence-electron chi connectivity index (χ0n) is 13.1. The molecule has 1 N–H and O–H groups in total. The van der Waals surface area contributed by atoms with E-state index < -0.39 is 22.8 Å². The molecule has 7 nitrogen and oxygen atoms in total. The van der Waals surface area contributed by atoms with Crippen molar-refractivity contribution in [2.24, 2.45) is 0 Å². The van der Waals surface area contributed by atoms with Gasteiger partial charge < -0.3 is 5.11 Å². The lowest BCUT2D eigenvalue weighted by molar-refractivity contribution is -0.384. The Morgan fingerprint density at radius 3 is 2.88 bits per heavy atom. The summed E-state index contributed by atoms with van der Waals surface area (Å²) in [5.74, 6) is -1.02. The van der Waals surface area contributed by atoms with Crippen LogP contribution in [0.15, 0.2) is 29.2 Å². The second kappa shape index (κ2) is 8.45. The predicted molar refractivity (Wildman–Crippen MR) is 103 cm³/mol. The molecule has 0 spiro atoms. The fourth-order valence-corrected chi connectivity index (χ4v) is 4.04. The molecule has 1 amide bonds. The molecule has 2 rings (SSSR count). The lowest BCUT2D eigenvalue weighted by Crippen LogP contribution is -2.44. The van der Waals surface area contributed by atoms with Crippen LogP contribution in [-0.4, -0.2) is 49.2 Å². The molecule has 0 radical (unpaired) electrons. The van der Waals surface area contributed by atoms with E-state index in [4.69, 9.17) is 12.2 Å². The van der Waals surface area contributed by atoms with Crippen molar-refractivity contribution in [3.8, 4) is 0 Å². The standard InChI is InChI=1S/C15H14N2O5S3/c1-24-6-5-11(14(19)20)16-13(18)12(25-15(16)23)8-9-3-2-4-10(7-9)17(21)22/h2-4,7-8,11H,5-6H2,1H3,(H,19,20)/b12-8+/t11-/m0/s1. The Morgan fingerprint density at radius 1 is 1.56 bits per heavy atom. The van der Waals surface area contributed by atoms with Gasteiger partial charge in [0, 0.05) is 12.1 Å². The van der Waals surface area contributed by atoms with Gasteiger partial charge in [-0.2, -0.15) is 11.8 Å². The highest BCUT2D eigenvalue weighted by molar-refractivity contribution is 8.26. The molecule has 0 aliphatic carbocycles. The first kappa shape index (κ1) is 19.4. The van der Waals surface area contributed by atoms with Crippen LogP contribution in [0.2, 0.25) is 0 Å². The van der Waals surface area contributed by atoms with Crippen LogP contribution in [0.4, 0.5) is 5.69 Å². The highest BCUT2D eigenvalue weighted by Crippen LogP contribution is 2.35. The second-order valence-electron chi connectivity index (χ2n) is 5.04. The van der Waals surface area contributed by atoms with Crippen molar-refractivity contribution >= 4 is 63.7 Å². The Hall–Kier alpha value is -1.91. The summed E-state index contributed by atoms with van der Waals surface area (Å²) in [5.41, 5.74) is 0.387. The van der Waals surface area contributed by atoms with Crippen LogP contribution >= 0.6 is 35.7 Å². The average molecular weight is 398 g/mol. The average Bonchev–Trinajstić information content (AvgIpc) is 2.83. The fraction of sp³-hybridized carbons (Fsp3) is 0.267. The van der Waals surface area contributed by atoms with Crippen LogP contribution in [0.5, 0.6) is 0 Å². The zero-order chi connectivity index (χ0) is 18.6. The summed E-state index contributed by atoms with van der Waals surface area (Å²) in [6.45, 7) is 0. The monoisotopic (exact) mass is 398 g/mol. The van der Waals surface area contributed by atoms with E-state index in [1.807, 2.05) is 6.26 Å². The Bertz CT molecular complexity index is 765. The van der Waals surface area contributed by atoms with Crippen LogP contribution in [0.3, 0.4) is 0 Å². The Kier molecular flexibility index (Phi) is 6.57. The van der Waals surface area contributed by atoms with E-state index in [-0.39, 0.29) is 21.3 Å². The number of nitrogens with zero attached hydrogens (tertiary/aromatic N) is 2. The highest BCUT2D eigenvalue weighted by Gasteiger charge is 2.40. The van der Waals surface area contributed by atoms with Crippen LogP contribution in [-0.2, 0) is 9.59 Å². The van der Waals surface area contributed by atoms with E-state index in [1.165, 1.54) is 36.0 Å². The Morgan fingerprint density at radius 2 is 2.28 bits per heavy atom. The number of nitro groups is 1.